The number of halogens is 1. The van der Waals surface area contributed by atoms with Gasteiger partial charge >= 0.3 is 6.09 Å². The van der Waals surface area contributed by atoms with Crippen molar-refractivity contribution in [3.8, 4) is 22.6 Å². The molecule has 3 aromatic rings. The molecule has 8 nitrogen and oxygen atoms in total. The van der Waals surface area contributed by atoms with Crippen molar-refractivity contribution in [2.45, 2.75) is 6.92 Å². The Bertz CT molecular complexity index is 1250. The quantitative estimate of drug-likeness (QED) is 0.588. The smallest absolute Gasteiger partial charge is 0.407 e. The molecule has 1 amide bonds. The molecule has 1 spiro atoms. The molecule has 1 aromatic heterocycles. The molecule has 2 aromatic carbocycles. The van der Waals surface area contributed by atoms with Gasteiger partial charge in [0.25, 0.3) is 0 Å². The van der Waals surface area contributed by atoms with Crippen LogP contribution < -0.4 is 9.64 Å². The minimum Gasteiger partial charge on any atom is -0.465 e. The number of likely N-dealkylation sites (tertiary alicyclic amines) is 1. The van der Waals surface area contributed by atoms with E-state index in [2.05, 4.69) is 9.97 Å². The molecule has 2 fully saturated rings. The monoisotopic (exact) mass is 448 g/mol. The number of hydrogen-bond acceptors (Lipinski definition) is 6. The van der Waals surface area contributed by atoms with Crippen molar-refractivity contribution in [2.24, 2.45) is 5.41 Å². The minimum absolute atomic E-state index is 0.0535. The number of carboxylic acid groups (broad SMARTS) is 1. The van der Waals surface area contributed by atoms with Crippen molar-refractivity contribution in [2.75, 3.05) is 31.1 Å². The summed E-state index contributed by atoms with van der Waals surface area (Å²) in [6, 6.07) is 11.2. The number of nitrogens with zero attached hydrogens (tertiary/aromatic N) is 4. The first-order chi connectivity index (χ1) is 15.8. The number of amides is 1. The molecular formula is C24H21FN4O4. The Balaban J connectivity index is 1.43. The Morgan fingerprint density at radius 3 is 2.55 bits per heavy atom. The van der Waals surface area contributed by atoms with Gasteiger partial charge in [0.1, 0.15) is 17.9 Å². The summed E-state index contributed by atoms with van der Waals surface area (Å²) in [5.74, 6) is 0.774. The number of ether oxygens (including phenoxy) is 1. The van der Waals surface area contributed by atoms with Gasteiger partial charge in [-0.2, -0.15) is 0 Å². The standard InChI is InChI=1S/C24H21FN4O4/c1-15(30)17-4-2-3-5-18(17)19-8-16(25)6-7-20(19)33-21-9-26-14-27-22(21)28-10-24(11-28)12-29(13-24)23(31)32/h2-9,14H,10-13H2,1H3,(H,31,32). The second-order valence-corrected chi connectivity index (χ2v) is 8.55. The third-order valence-corrected chi connectivity index (χ3v) is 6.09. The maximum Gasteiger partial charge on any atom is 0.407 e. The Kier molecular flexibility index (Phi) is 4.96. The van der Waals surface area contributed by atoms with Gasteiger partial charge in [-0.15, -0.1) is 0 Å². The molecule has 9 heteroatoms. The Labute approximate surface area is 189 Å². The number of aromatic nitrogens is 2. The van der Waals surface area contributed by atoms with Crippen molar-refractivity contribution in [1.82, 2.24) is 14.9 Å². The summed E-state index contributed by atoms with van der Waals surface area (Å²) in [6.07, 6.45) is 2.07. The van der Waals surface area contributed by atoms with Gasteiger partial charge in [0.2, 0.25) is 0 Å². The van der Waals surface area contributed by atoms with Crippen LogP contribution in [0.2, 0.25) is 0 Å². The highest BCUT2D eigenvalue weighted by Gasteiger charge is 2.54. The molecule has 2 aliphatic heterocycles. The van der Waals surface area contributed by atoms with E-state index < -0.39 is 11.9 Å². The summed E-state index contributed by atoms with van der Waals surface area (Å²) in [5, 5.41) is 9.09. The van der Waals surface area contributed by atoms with Crippen molar-refractivity contribution >= 4 is 17.7 Å². The first-order valence-corrected chi connectivity index (χ1v) is 10.5. The van der Waals surface area contributed by atoms with Crippen molar-refractivity contribution in [3.05, 3.63) is 66.4 Å². The number of ketones is 1. The second-order valence-electron chi connectivity index (χ2n) is 8.55. The Hall–Kier alpha value is -4.01. The average Bonchev–Trinajstić information content (AvgIpc) is 2.74. The van der Waals surface area contributed by atoms with Gasteiger partial charge in [0.15, 0.2) is 17.4 Å². The first-order valence-electron chi connectivity index (χ1n) is 10.5. The van der Waals surface area contributed by atoms with E-state index in [0.29, 0.717) is 60.2 Å². The van der Waals surface area contributed by atoms with E-state index in [0.717, 1.165) is 0 Å². The van der Waals surface area contributed by atoms with Gasteiger partial charge in [-0.05, 0) is 30.7 Å². The maximum atomic E-state index is 14.2. The molecule has 0 saturated carbocycles. The summed E-state index contributed by atoms with van der Waals surface area (Å²) in [7, 11) is 0. The van der Waals surface area contributed by atoms with Crippen LogP contribution in [0.5, 0.6) is 11.5 Å². The minimum atomic E-state index is -0.903. The van der Waals surface area contributed by atoms with E-state index in [1.165, 1.54) is 36.4 Å². The summed E-state index contributed by atoms with van der Waals surface area (Å²) < 4.78 is 20.3. The van der Waals surface area contributed by atoms with Crippen molar-refractivity contribution in [3.63, 3.8) is 0 Å². The number of carbonyl (C=O) groups excluding carboxylic acids is 1. The normalized spacial score (nSPS) is 16.2. The summed E-state index contributed by atoms with van der Waals surface area (Å²) in [4.78, 5) is 35.1. The van der Waals surface area contributed by atoms with Gasteiger partial charge in [-0.3, -0.25) is 4.79 Å². The van der Waals surface area contributed by atoms with E-state index in [-0.39, 0.29) is 11.2 Å². The van der Waals surface area contributed by atoms with E-state index in [9.17, 15) is 14.0 Å². The highest BCUT2D eigenvalue weighted by atomic mass is 19.1. The molecule has 1 N–H and O–H groups in total. The van der Waals surface area contributed by atoms with Gasteiger partial charge in [-0.25, -0.2) is 19.2 Å². The molecule has 3 heterocycles. The number of benzene rings is 2. The molecule has 0 aliphatic carbocycles. The molecule has 2 saturated heterocycles. The number of anilines is 1. The molecule has 0 atom stereocenters. The van der Waals surface area contributed by atoms with Crippen LogP contribution in [0.15, 0.2) is 55.0 Å². The number of carbonyl (C=O) groups is 2. The third kappa shape index (κ3) is 3.75. The SMILES string of the molecule is CC(=O)c1ccccc1-c1cc(F)ccc1Oc1cncnc1N1CC2(CN(C(=O)O)C2)C1. The average molecular weight is 448 g/mol. The largest absolute Gasteiger partial charge is 0.465 e. The van der Waals surface area contributed by atoms with Crippen LogP contribution in [0.1, 0.15) is 17.3 Å². The maximum absolute atomic E-state index is 14.2. The lowest BCUT2D eigenvalue weighted by atomic mass is 9.73. The molecule has 33 heavy (non-hydrogen) atoms. The summed E-state index contributed by atoms with van der Waals surface area (Å²) in [5.41, 5.74) is 1.44. The van der Waals surface area contributed by atoms with Gasteiger partial charge < -0.3 is 19.6 Å². The van der Waals surface area contributed by atoms with Crippen LogP contribution in [0.4, 0.5) is 15.0 Å². The number of rotatable bonds is 5. The Morgan fingerprint density at radius 1 is 1.06 bits per heavy atom. The summed E-state index contributed by atoms with van der Waals surface area (Å²) in [6.45, 7) is 3.79. The lowest BCUT2D eigenvalue weighted by Gasteiger charge is -2.59. The van der Waals surface area contributed by atoms with Crippen LogP contribution in [-0.4, -0.2) is 58.0 Å². The molecular weight excluding hydrogens is 427 g/mol. The van der Waals surface area contributed by atoms with E-state index in [1.54, 1.807) is 30.5 Å². The van der Waals surface area contributed by atoms with Crippen LogP contribution in [0, 0.1) is 11.2 Å². The Morgan fingerprint density at radius 2 is 1.82 bits per heavy atom. The lowest BCUT2D eigenvalue weighted by molar-refractivity contribution is -0.00990. The van der Waals surface area contributed by atoms with E-state index in [4.69, 9.17) is 9.84 Å². The van der Waals surface area contributed by atoms with Crippen LogP contribution >= 0.6 is 0 Å². The topological polar surface area (TPSA) is 95.9 Å². The molecule has 0 radical (unpaired) electrons. The van der Waals surface area contributed by atoms with Gasteiger partial charge in [-0.1, -0.05) is 24.3 Å². The molecule has 2 aliphatic rings. The van der Waals surface area contributed by atoms with E-state index in [1.807, 2.05) is 4.90 Å². The van der Waals surface area contributed by atoms with Crippen LogP contribution in [0.25, 0.3) is 11.1 Å². The fraction of sp³-hybridized carbons (Fsp3) is 0.250. The third-order valence-electron chi connectivity index (χ3n) is 6.09. The zero-order valence-corrected chi connectivity index (χ0v) is 17.9. The molecule has 5 rings (SSSR count). The highest BCUT2D eigenvalue weighted by Crippen LogP contribution is 2.45. The fourth-order valence-corrected chi connectivity index (χ4v) is 4.58. The van der Waals surface area contributed by atoms with E-state index >= 15 is 0 Å². The summed E-state index contributed by atoms with van der Waals surface area (Å²) >= 11 is 0. The zero-order valence-electron chi connectivity index (χ0n) is 17.9. The first kappa shape index (κ1) is 20.9. The lowest BCUT2D eigenvalue weighted by Crippen LogP contribution is -2.73. The predicted octanol–water partition coefficient (Wildman–Crippen LogP) is 4.08. The molecule has 0 unspecified atom stereocenters. The fourth-order valence-electron chi connectivity index (χ4n) is 4.58. The van der Waals surface area contributed by atoms with Crippen LogP contribution in [0.3, 0.4) is 0 Å². The van der Waals surface area contributed by atoms with Crippen LogP contribution in [-0.2, 0) is 0 Å². The molecule has 168 valence electrons. The molecule has 0 bridgehead atoms. The van der Waals surface area contributed by atoms with Gasteiger partial charge in [0.05, 0.1) is 6.20 Å². The second kappa shape index (κ2) is 7.84. The van der Waals surface area contributed by atoms with Crippen molar-refractivity contribution < 1.29 is 23.8 Å². The zero-order chi connectivity index (χ0) is 23.2. The number of hydrogen-bond donors (Lipinski definition) is 1. The van der Waals surface area contributed by atoms with Gasteiger partial charge in [0, 0.05) is 42.7 Å². The predicted molar refractivity (Wildman–Crippen MR) is 118 cm³/mol. The highest BCUT2D eigenvalue weighted by molar-refractivity contribution is 6.01. The number of Topliss-reactive ketones (excluding diaryl/α,β-unsaturated/α-hetero) is 1. The van der Waals surface area contributed by atoms with Crippen molar-refractivity contribution in [1.29, 1.82) is 0 Å².